The monoisotopic (exact) mass is 356 g/mol. The van der Waals surface area contributed by atoms with Crippen molar-refractivity contribution in [3.63, 3.8) is 0 Å². The van der Waals surface area contributed by atoms with Gasteiger partial charge in [0.25, 0.3) is 0 Å². The average molecular weight is 356 g/mol. The van der Waals surface area contributed by atoms with E-state index >= 15 is 0 Å². The zero-order chi connectivity index (χ0) is 18.2. The second kappa shape index (κ2) is 9.24. The van der Waals surface area contributed by atoms with Crippen LogP contribution in [-0.4, -0.2) is 54.9 Å². The van der Waals surface area contributed by atoms with Gasteiger partial charge in [0.2, 0.25) is 0 Å². The molecule has 2 aromatic rings. The van der Waals surface area contributed by atoms with E-state index in [1.54, 1.807) is 7.05 Å². The van der Waals surface area contributed by atoms with Crippen LogP contribution in [0.2, 0.25) is 0 Å². The van der Waals surface area contributed by atoms with Crippen molar-refractivity contribution in [2.45, 2.75) is 26.1 Å². The summed E-state index contributed by atoms with van der Waals surface area (Å²) in [6.45, 7) is 7.06. The lowest BCUT2D eigenvalue weighted by molar-refractivity contribution is 0.0529. The van der Waals surface area contributed by atoms with Gasteiger partial charge in [0.1, 0.15) is 5.82 Å². The molecule has 0 aliphatic carbocycles. The first-order valence-corrected chi connectivity index (χ1v) is 9.11. The molecular formula is C19H28N6O. The van der Waals surface area contributed by atoms with Gasteiger partial charge in [0, 0.05) is 58.4 Å². The van der Waals surface area contributed by atoms with Gasteiger partial charge in [-0.1, -0.05) is 6.07 Å². The molecule has 3 rings (SSSR count). The summed E-state index contributed by atoms with van der Waals surface area (Å²) < 4.78 is 7.72. The minimum Gasteiger partial charge on any atom is -0.375 e. The summed E-state index contributed by atoms with van der Waals surface area (Å²) in [5.41, 5.74) is 1.13. The number of rotatable bonds is 6. The zero-order valence-corrected chi connectivity index (χ0v) is 15.6. The van der Waals surface area contributed by atoms with E-state index in [1.165, 1.54) is 0 Å². The summed E-state index contributed by atoms with van der Waals surface area (Å²) in [7, 11) is 1.78. The van der Waals surface area contributed by atoms with Gasteiger partial charge in [-0.2, -0.15) is 0 Å². The molecule has 3 heterocycles. The van der Waals surface area contributed by atoms with Crippen molar-refractivity contribution in [3.8, 4) is 0 Å². The predicted octanol–water partition coefficient (Wildman–Crippen LogP) is 1.47. The van der Waals surface area contributed by atoms with Crippen molar-refractivity contribution in [1.29, 1.82) is 0 Å². The minimum atomic E-state index is 0.257. The van der Waals surface area contributed by atoms with E-state index in [9.17, 15) is 0 Å². The zero-order valence-electron chi connectivity index (χ0n) is 15.6. The third-order valence-corrected chi connectivity index (χ3v) is 4.39. The van der Waals surface area contributed by atoms with Crippen LogP contribution in [0.15, 0.2) is 47.8 Å². The van der Waals surface area contributed by atoms with Crippen LogP contribution in [0.5, 0.6) is 0 Å². The van der Waals surface area contributed by atoms with Crippen molar-refractivity contribution >= 4 is 11.8 Å². The smallest absolute Gasteiger partial charge is 0.191 e. The number of hydrogen-bond donors (Lipinski definition) is 2. The van der Waals surface area contributed by atoms with Gasteiger partial charge >= 0.3 is 0 Å². The van der Waals surface area contributed by atoms with Gasteiger partial charge in [-0.25, -0.2) is 4.98 Å². The number of morpholine rings is 1. The molecule has 7 heteroatoms. The molecule has 2 aromatic heterocycles. The Morgan fingerprint density at radius 2 is 2.15 bits per heavy atom. The van der Waals surface area contributed by atoms with Crippen molar-refractivity contribution in [2.75, 3.05) is 38.2 Å². The first-order valence-electron chi connectivity index (χ1n) is 9.11. The van der Waals surface area contributed by atoms with Crippen molar-refractivity contribution in [1.82, 2.24) is 20.2 Å². The van der Waals surface area contributed by atoms with E-state index in [-0.39, 0.29) is 6.10 Å². The Balaban J connectivity index is 1.44. The fourth-order valence-electron chi connectivity index (χ4n) is 2.96. The maximum atomic E-state index is 5.59. The number of aliphatic imine (C=N–C) groups is 1. The molecule has 1 saturated heterocycles. The molecule has 7 nitrogen and oxygen atoms in total. The summed E-state index contributed by atoms with van der Waals surface area (Å²) in [4.78, 5) is 11.1. The SMILES string of the molecule is CN=C(NCCn1cccc1)NCc1ccc(N2CCOC(C)C2)nc1. The first kappa shape index (κ1) is 18.3. The Morgan fingerprint density at radius 3 is 2.85 bits per heavy atom. The second-order valence-electron chi connectivity index (χ2n) is 6.43. The molecule has 0 amide bonds. The topological polar surface area (TPSA) is 66.7 Å². The van der Waals surface area contributed by atoms with Crippen LogP contribution in [0.25, 0.3) is 0 Å². The number of pyridine rings is 1. The number of nitrogens with one attached hydrogen (secondary N) is 2. The van der Waals surface area contributed by atoms with E-state index < -0.39 is 0 Å². The van der Waals surface area contributed by atoms with E-state index in [0.717, 1.165) is 50.1 Å². The normalized spacial score (nSPS) is 18.0. The standard InChI is InChI=1S/C19H28N6O/c1-16-15-25(11-12-26-16)18-6-5-17(13-22-18)14-23-19(20-2)21-7-10-24-8-3-4-9-24/h3-6,8-9,13,16H,7,10-12,14-15H2,1-2H3,(H2,20,21,23). The van der Waals surface area contributed by atoms with E-state index in [0.29, 0.717) is 6.54 Å². The summed E-state index contributed by atoms with van der Waals surface area (Å²) in [6.07, 6.45) is 6.30. The molecule has 0 radical (unpaired) electrons. The van der Waals surface area contributed by atoms with Gasteiger partial charge in [0.15, 0.2) is 5.96 Å². The molecule has 1 fully saturated rings. The number of anilines is 1. The van der Waals surface area contributed by atoms with Crippen LogP contribution in [-0.2, 0) is 17.8 Å². The van der Waals surface area contributed by atoms with Crippen LogP contribution < -0.4 is 15.5 Å². The van der Waals surface area contributed by atoms with E-state index in [4.69, 9.17) is 4.74 Å². The lowest BCUT2D eigenvalue weighted by atomic mass is 10.2. The molecule has 1 aliphatic rings. The predicted molar refractivity (Wildman–Crippen MR) is 104 cm³/mol. The summed E-state index contributed by atoms with van der Waals surface area (Å²) in [5.74, 6) is 1.81. The second-order valence-corrected chi connectivity index (χ2v) is 6.43. The van der Waals surface area contributed by atoms with Gasteiger partial charge in [-0.15, -0.1) is 0 Å². The fraction of sp³-hybridized carbons (Fsp3) is 0.474. The lowest BCUT2D eigenvalue weighted by Crippen LogP contribution is -2.41. The molecule has 0 aromatic carbocycles. The number of guanidine groups is 1. The van der Waals surface area contributed by atoms with Crippen molar-refractivity contribution in [3.05, 3.63) is 48.4 Å². The van der Waals surface area contributed by atoms with E-state index in [2.05, 4.69) is 61.5 Å². The molecular weight excluding hydrogens is 328 g/mol. The Morgan fingerprint density at radius 1 is 1.31 bits per heavy atom. The summed E-state index contributed by atoms with van der Waals surface area (Å²) in [6, 6.07) is 8.25. The number of ether oxygens (including phenoxy) is 1. The largest absolute Gasteiger partial charge is 0.375 e. The lowest BCUT2D eigenvalue weighted by Gasteiger charge is -2.32. The Bertz CT molecular complexity index is 683. The highest BCUT2D eigenvalue weighted by Gasteiger charge is 2.17. The van der Waals surface area contributed by atoms with Crippen LogP contribution in [0.1, 0.15) is 12.5 Å². The van der Waals surface area contributed by atoms with Gasteiger partial charge in [-0.05, 0) is 30.7 Å². The van der Waals surface area contributed by atoms with Crippen LogP contribution >= 0.6 is 0 Å². The Kier molecular flexibility index (Phi) is 6.49. The Labute approximate surface area is 155 Å². The van der Waals surface area contributed by atoms with Crippen LogP contribution in [0, 0.1) is 0 Å². The number of hydrogen-bond acceptors (Lipinski definition) is 4. The molecule has 0 bridgehead atoms. The molecule has 1 unspecified atom stereocenters. The molecule has 0 saturated carbocycles. The minimum absolute atomic E-state index is 0.257. The maximum absolute atomic E-state index is 5.59. The summed E-state index contributed by atoms with van der Waals surface area (Å²) >= 11 is 0. The quantitative estimate of drug-likeness (QED) is 0.606. The molecule has 0 spiro atoms. The average Bonchev–Trinajstić information content (AvgIpc) is 3.18. The van der Waals surface area contributed by atoms with Gasteiger partial charge < -0.3 is 24.8 Å². The maximum Gasteiger partial charge on any atom is 0.191 e. The van der Waals surface area contributed by atoms with Gasteiger partial charge in [0.05, 0.1) is 12.7 Å². The van der Waals surface area contributed by atoms with Crippen molar-refractivity contribution < 1.29 is 4.74 Å². The van der Waals surface area contributed by atoms with Crippen LogP contribution in [0.4, 0.5) is 5.82 Å². The highest BCUT2D eigenvalue weighted by molar-refractivity contribution is 5.79. The first-order chi connectivity index (χ1) is 12.7. The molecule has 26 heavy (non-hydrogen) atoms. The summed E-state index contributed by atoms with van der Waals surface area (Å²) in [5, 5.41) is 6.65. The third-order valence-electron chi connectivity index (χ3n) is 4.39. The molecule has 1 aliphatic heterocycles. The number of nitrogens with zero attached hydrogens (tertiary/aromatic N) is 4. The highest BCUT2D eigenvalue weighted by Crippen LogP contribution is 2.15. The highest BCUT2D eigenvalue weighted by atomic mass is 16.5. The van der Waals surface area contributed by atoms with Gasteiger partial charge in [-0.3, -0.25) is 4.99 Å². The third kappa shape index (κ3) is 5.23. The molecule has 2 N–H and O–H groups in total. The number of aromatic nitrogens is 2. The molecule has 1 atom stereocenters. The van der Waals surface area contributed by atoms with E-state index in [1.807, 2.05) is 18.3 Å². The fourth-order valence-corrected chi connectivity index (χ4v) is 2.96. The Hall–Kier alpha value is -2.54. The molecule has 140 valence electrons. The van der Waals surface area contributed by atoms with Crippen LogP contribution in [0.3, 0.4) is 0 Å². The van der Waals surface area contributed by atoms with Crippen molar-refractivity contribution in [2.24, 2.45) is 4.99 Å².